The Morgan fingerprint density at radius 3 is 2.46 bits per heavy atom. The number of methoxy groups -OCH3 is 3. The molecule has 1 aliphatic heterocycles. The molecule has 37 heavy (non-hydrogen) atoms. The average molecular weight is 514 g/mol. The molecule has 0 spiro atoms. The highest BCUT2D eigenvalue weighted by molar-refractivity contribution is 8.18. The highest BCUT2D eigenvalue weighted by atomic mass is 32.2. The van der Waals surface area contributed by atoms with Gasteiger partial charge in [0.1, 0.15) is 17.2 Å². The first kappa shape index (κ1) is 24.5. The van der Waals surface area contributed by atoms with E-state index in [2.05, 4.69) is 17.1 Å². The minimum Gasteiger partial charge on any atom is -0.497 e. The van der Waals surface area contributed by atoms with E-state index >= 15 is 0 Å². The fourth-order valence-electron chi connectivity index (χ4n) is 4.21. The molecule has 2 heterocycles. The second kappa shape index (κ2) is 10.8. The molecule has 0 radical (unpaired) electrons. The van der Waals surface area contributed by atoms with Crippen molar-refractivity contribution in [2.45, 2.75) is 6.42 Å². The maximum Gasteiger partial charge on any atom is 0.266 e. The number of rotatable bonds is 8. The number of nitrogens with one attached hydrogen (secondary N) is 1. The fraction of sp³-hybridized carbons (Fsp3) is 0.172. The Morgan fingerprint density at radius 1 is 0.946 bits per heavy atom. The normalized spacial score (nSPS) is 15.6. The van der Waals surface area contributed by atoms with E-state index in [0.717, 1.165) is 33.5 Å². The summed E-state index contributed by atoms with van der Waals surface area (Å²) in [5, 5.41) is 1.79. The summed E-state index contributed by atoms with van der Waals surface area (Å²) in [4.78, 5) is 24.1. The van der Waals surface area contributed by atoms with Crippen molar-refractivity contribution < 1.29 is 19.0 Å². The van der Waals surface area contributed by atoms with Crippen LogP contribution in [0.1, 0.15) is 11.1 Å². The van der Waals surface area contributed by atoms with Gasteiger partial charge in [-0.15, -0.1) is 0 Å². The quantitative estimate of drug-likeness (QED) is 0.291. The molecule has 0 atom stereocenters. The third-order valence-electron chi connectivity index (χ3n) is 6.19. The van der Waals surface area contributed by atoms with Gasteiger partial charge in [-0.25, -0.2) is 4.99 Å². The first-order valence-corrected chi connectivity index (χ1v) is 12.6. The molecule has 1 aliphatic rings. The summed E-state index contributed by atoms with van der Waals surface area (Å²) >= 11 is 1.36. The van der Waals surface area contributed by atoms with Gasteiger partial charge in [-0.1, -0.05) is 18.2 Å². The van der Waals surface area contributed by atoms with Crippen LogP contribution in [-0.2, 0) is 11.2 Å². The largest absolute Gasteiger partial charge is 0.497 e. The Labute approximate surface area is 219 Å². The molecule has 1 aromatic heterocycles. The number of H-pyrrole nitrogens is 1. The molecule has 1 amide bonds. The highest BCUT2D eigenvalue weighted by Gasteiger charge is 2.33. The number of aromatic amines is 1. The lowest BCUT2D eigenvalue weighted by molar-refractivity contribution is -0.122. The molecule has 8 heteroatoms. The van der Waals surface area contributed by atoms with E-state index in [9.17, 15) is 4.79 Å². The number of ether oxygens (including phenoxy) is 3. The molecule has 0 unspecified atom stereocenters. The number of aliphatic imine (C=N–C) groups is 1. The Bertz CT molecular complexity index is 1490. The van der Waals surface area contributed by atoms with Gasteiger partial charge >= 0.3 is 0 Å². The van der Waals surface area contributed by atoms with Crippen LogP contribution < -0.4 is 14.2 Å². The predicted molar refractivity (Wildman–Crippen MR) is 149 cm³/mol. The zero-order chi connectivity index (χ0) is 25.8. The summed E-state index contributed by atoms with van der Waals surface area (Å²) in [5.74, 6) is 1.98. The van der Waals surface area contributed by atoms with E-state index in [4.69, 9.17) is 19.2 Å². The second-order valence-corrected chi connectivity index (χ2v) is 9.39. The molecular weight excluding hydrogens is 486 g/mol. The molecule has 5 rings (SSSR count). The van der Waals surface area contributed by atoms with E-state index in [0.29, 0.717) is 34.5 Å². The zero-order valence-corrected chi connectivity index (χ0v) is 21.7. The minimum absolute atomic E-state index is 0.0880. The fourth-order valence-corrected chi connectivity index (χ4v) is 5.22. The molecule has 1 fully saturated rings. The topological polar surface area (TPSA) is 76.2 Å². The zero-order valence-electron chi connectivity index (χ0n) is 20.9. The SMILES string of the molecule is COc1ccc(N=C2S/C(=C/c3ccc(OC)cc3OC)C(=O)N2CCc2c[nH]c3ccccc23)cc1. The van der Waals surface area contributed by atoms with Crippen LogP contribution in [0.3, 0.4) is 0 Å². The van der Waals surface area contributed by atoms with E-state index in [1.54, 1.807) is 32.3 Å². The summed E-state index contributed by atoms with van der Waals surface area (Å²) in [7, 11) is 4.84. The lowest BCUT2D eigenvalue weighted by atomic mass is 10.1. The number of carbonyl (C=O) groups excluding carboxylic acids is 1. The first-order chi connectivity index (χ1) is 18.1. The number of aromatic nitrogens is 1. The van der Waals surface area contributed by atoms with E-state index < -0.39 is 0 Å². The van der Waals surface area contributed by atoms with Crippen molar-refractivity contribution in [3.8, 4) is 17.2 Å². The van der Waals surface area contributed by atoms with Crippen LogP contribution in [0.25, 0.3) is 17.0 Å². The molecule has 4 aromatic rings. The Hall–Kier alpha value is -4.17. The highest BCUT2D eigenvalue weighted by Crippen LogP contribution is 2.37. The summed E-state index contributed by atoms with van der Waals surface area (Å²) < 4.78 is 16.1. The van der Waals surface area contributed by atoms with Crippen LogP contribution in [0, 0.1) is 0 Å². The molecule has 7 nitrogen and oxygen atoms in total. The predicted octanol–water partition coefficient (Wildman–Crippen LogP) is 6.04. The molecule has 3 aromatic carbocycles. The van der Waals surface area contributed by atoms with Crippen molar-refractivity contribution in [3.05, 3.63) is 89.0 Å². The first-order valence-electron chi connectivity index (χ1n) is 11.8. The lowest BCUT2D eigenvalue weighted by Crippen LogP contribution is -2.31. The minimum atomic E-state index is -0.0880. The smallest absolute Gasteiger partial charge is 0.266 e. The van der Waals surface area contributed by atoms with Gasteiger partial charge in [-0.05, 0) is 72.3 Å². The number of thioether (sulfide) groups is 1. The van der Waals surface area contributed by atoms with Crippen LogP contribution >= 0.6 is 11.8 Å². The van der Waals surface area contributed by atoms with Crippen molar-refractivity contribution in [3.63, 3.8) is 0 Å². The van der Waals surface area contributed by atoms with Crippen molar-refractivity contribution in [2.75, 3.05) is 27.9 Å². The molecular formula is C29H27N3O4S. The van der Waals surface area contributed by atoms with Gasteiger partial charge in [0.15, 0.2) is 5.17 Å². The Morgan fingerprint density at radius 2 is 1.70 bits per heavy atom. The van der Waals surface area contributed by atoms with Gasteiger partial charge in [0.05, 0.1) is 31.9 Å². The average Bonchev–Trinajstić information content (AvgIpc) is 3.48. The van der Waals surface area contributed by atoms with Crippen LogP contribution in [0.5, 0.6) is 17.2 Å². The third kappa shape index (κ3) is 5.20. The van der Waals surface area contributed by atoms with E-state index in [-0.39, 0.29) is 5.91 Å². The third-order valence-corrected chi connectivity index (χ3v) is 7.20. The second-order valence-electron chi connectivity index (χ2n) is 8.38. The monoisotopic (exact) mass is 513 g/mol. The summed E-state index contributed by atoms with van der Waals surface area (Å²) in [6, 6.07) is 21.2. The summed E-state index contributed by atoms with van der Waals surface area (Å²) in [5.41, 5.74) is 3.78. The van der Waals surface area contributed by atoms with Crippen molar-refractivity contribution in [1.29, 1.82) is 0 Å². The Kier molecular flexibility index (Phi) is 7.18. The number of hydrogen-bond acceptors (Lipinski definition) is 6. The Balaban J connectivity index is 1.47. The summed E-state index contributed by atoms with van der Waals surface area (Å²) in [6.45, 7) is 0.500. The van der Waals surface area contributed by atoms with Gasteiger partial charge in [0, 0.05) is 35.3 Å². The van der Waals surface area contributed by atoms with Gasteiger partial charge in [0.25, 0.3) is 5.91 Å². The van der Waals surface area contributed by atoms with Gasteiger partial charge in [-0.3, -0.25) is 9.69 Å². The maximum atomic E-state index is 13.6. The van der Waals surface area contributed by atoms with Gasteiger partial charge < -0.3 is 19.2 Å². The van der Waals surface area contributed by atoms with Crippen LogP contribution in [0.4, 0.5) is 5.69 Å². The van der Waals surface area contributed by atoms with E-state index in [1.807, 2.05) is 60.8 Å². The van der Waals surface area contributed by atoms with Gasteiger partial charge in [-0.2, -0.15) is 0 Å². The van der Waals surface area contributed by atoms with Crippen LogP contribution in [0.15, 0.2) is 82.8 Å². The molecule has 0 saturated carbocycles. The number of amides is 1. The number of benzene rings is 3. The number of amidine groups is 1. The molecule has 1 saturated heterocycles. The van der Waals surface area contributed by atoms with Crippen molar-refractivity contribution in [1.82, 2.24) is 9.88 Å². The number of carbonyl (C=O) groups is 1. The molecule has 1 N–H and O–H groups in total. The molecule has 0 bridgehead atoms. The number of nitrogens with zero attached hydrogens (tertiary/aromatic N) is 2. The van der Waals surface area contributed by atoms with Crippen LogP contribution in [0.2, 0.25) is 0 Å². The van der Waals surface area contributed by atoms with Crippen molar-refractivity contribution >= 4 is 45.5 Å². The standard InChI is InChI=1S/C29H27N3O4S/c1-34-22-12-9-21(10-13-22)31-29-32(15-14-20-18-30-25-7-5-4-6-24(20)25)28(33)27(37-29)16-19-8-11-23(35-2)17-26(19)36-3/h4-13,16-18,30H,14-15H2,1-3H3/b27-16+,31-29?. The molecule has 0 aliphatic carbocycles. The van der Waals surface area contributed by atoms with Crippen LogP contribution in [-0.4, -0.2) is 48.8 Å². The lowest BCUT2D eigenvalue weighted by Gasteiger charge is -2.15. The number of fused-ring (bicyclic) bond motifs is 1. The summed E-state index contributed by atoms with van der Waals surface area (Å²) in [6.07, 6.45) is 4.55. The number of para-hydroxylation sites is 1. The number of hydrogen-bond donors (Lipinski definition) is 1. The van der Waals surface area contributed by atoms with Crippen molar-refractivity contribution in [2.24, 2.45) is 4.99 Å². The molecule has 188 valence electrons. The maximum absolute atomic E-state index is 13.6. The van der Waals surface area contributed by atoms with Gasteiger partial charge in [0.2, 0.25) is 0 Å². The van der Waals surface area contributed by atoms with E-state index in [1.165, 1.54) is 11.8 Å².